The topological polar surface area (TPSA) is 3.24 Å². The van der Waals surface area contributed by atoms with E-state index >= 15 is 0 Å². The molecule has 244 valence electrons. The predicted octanol–water partition coefficient (Wildman–Crippen LogP) is 12.9. The smallest absolute Gasteiger partial charge is 0.108 e. The van der Waals surface area contributed by atoms with Gasteiger partial charge < -0.3 is 4.90 Å². The second-order valence-electron chi connectivity index (χ2n) is 13.1. The summed E-state index contributed by atoms with van der Waals surface area (Å²) in [6.07, 6.45) is 0. The number of para-hydroxylation sites is 1. The molecule has 0 saturated carbocycles. The van der Waals surface area contributed by atoms with Crippen molar-refractivity contribution in [2.45, 2.75) is 5.41 Å². The molecule has 0 heterocycles. The molecular weight excluding hydrogens is 627 g/mol. The second-order valence-corrected chi connectivity index (χ2v) is 13.1. The lowest BCUT2D eigenvalue weighted by atomic mass is 9.73. The van der Waals surface area contributed by atoms with E-state index in [0.29, 0.717) is 0 Å². The number of fused-ring (bicyclic) bond motifs is 3. The highest BCUT2D eigenvalue weighted by atomic mass is 15.1. The van der Waals surface area contributed by atoms with Crippen molar-refractivity contribution in [2.75, 3.05) is 4.90 Å². The molecule has 8 aromatic carbocycles. The normalized spacial score (nSPS) is 14.1. The molecule has 1 atom stereocenters. The fraction of sp³-hybridized carbons (Fsp3) is 0.0196. The van der Waals surface area contributed by atoms with Crippen molar-refractivity contribution in [1.82, 2.24) is 0 Å². The average Bonchev–Trinajstić information content (AvgIpc) is 3.52. The average molecular weight is 662 g/mol. The van der Waals surface area contributed by atoms with E-state index < -0.39 is 5.41 Å². The number of anilines is 3. The number of hydrogen-bond donors (Lipinski definition) is 0. The van der Waals surface area contributed by atoms with Gasteiger partial charge in [-0.15, -0.1) is 0 Å². The van der Waals surface area contributed by atoms with Crippen LogP contribution < -0.4 is 4.90 Å². The molecule has 1 unspecified atom stereocenters. The molecule has 0 aromatic heterocycles. The summed E-state index contributed by atoms with van der Waals surface area (Å²) in [5, 5.41) is 0. The molecule has 0 radical (unpaired) electrons. The van der Waals surface area contributed by atoms with Crippen LogP contribution in [0.15, 0.2) is 212 Å². The van der Waals surface area contributed by atoms with Crippen molar-refractivity contribution in [2.24, 2.45) is 0 Å². The van der Waals surface area contributed by atoms with Crippen molar-refractivity contribution in [3.63, 3.8) is 0 Å². The van der Waals surface area contributed by atoms with Gasteiger partial charge in [0.05, 0.1) is 5.69 Å². The summed E-state index contributed by atoms with van der Waals surface area (Å²) in [4.78, 5) is 2.40. The van der Waals surface area contributed by atoms with Crippen LogP contribution in [0.4, 0.5) is 17.1 Å². The van der Waals surface area contributed by atoms with Gasteiger partial charge >= 0.3 is 0 Å². The van der Waals surface area contributed by atoms with E-state index in [9.17, 15) is 0 Å². The first-order valence-corrected chi connectivity index (χ1v) is 17.8. The van der Waals surface area contributed by atoms with E-state index in [2.05, 4.69) is 223 Å². The summed E-state index contributed by atoms with van der Waals surface area (Å²) in [6.45, 7) is 0. The number of hydrogen-bond acceptors (Lipinski definition) is 1. The first-order chi connectivity index (χ1) is 25.8. The van der Waals surface area contributed by atoms with Crippen molar-refractivity contribution in [3.8, 4) is 45.2 Å². The maximum Gasteiger partial charge on any atom is 0.108 e. The molecule has 52 heavy (non-hydrogen) atoms. The van der Waals surface area contributed by atoms with Gasteiger partial charge in [0.2, 0.25) is 0 Å². The van der Waals surface area contributed by atoms with Crippen LogP contribution in [0.5, 0.6) is 0 Å². The highest BCUT2D eigenvalue weighted by Crippen LogP contribution is 2.54. The third-order valence-electron chi connectivity index (χ3n) is 10.1. The highest BCUT2D eigenvalue weighted by molar-refractivity contribution is 5.93. The van der Waals surface area contributed by atoms with Crippen LogP contribution in [-0.4, -0.2) is 0 Å². The van der Waals surface area contributed by atoms with Gasteiger partial charge in [-0.1, -0.05) is 182 Å². The van der Waals surface area contributed by atoms with E-state index in [4.69, 9.17) is 0 Å². The molecule has 0 N–H and O–H groups in total. The molecule has 0 fully saturated rings. The Labute approximate surface area is 306 Å². The molecule has 0 bridgehead atoms. The Morgan fingerprint density at radius 1 is 0.365 bits per heavy atom. The zero-order chi connectivity index (χ0) is 34.7. The molecule has 9 rings (SSSR count). The summed E-state index contributed by atoms with van der Waals surface area (Å²) < 4.78 is 0. The molecule has 0 aliphatic heterocycles. The van der Waals surface area contributed by atoms with Crippen molar-refractivity contribution < 1.29 is 0 Å². The minimum atomic E-state index is -0.633. The maximum atomic E-state index is 3.84. The molecule has 1 heteroatoms. The quantitative estimate of drug-likeness (QED) is 0.160. The summed E-state index contributed by atoms with van der Waals surface area (Å²) in [5.74, 6) is 7.42. The van der Waals surface area contributed by atoms with E-state index in [1.807, 2.05) is 6.07 Å². The largest absolute Gasteiger partial charge is 0.310 e. The van der Waals surface area contributed by atoms with Crippen molar-refractivity contribution in [3.05, 3.63) is 235 Å². The van der Waals surface area contributed by atoms with Crippen LogP contribution >= 0.6 is 0 Å². The summed E-state index contributed by atoms with van der Waals surface area (Å²) >= 11 is 0. The monoisotopic (exact) mass is 661 g/mol. The van der Waals surface area contributed by atoms with Crippen molar-refractivity contribution in [1.29, 1.82) is 0 Å². The van der Waals surface area contributed by atoms with Crippen LogP contribution in [0.2, 0.25) is 0 Å². The van der Waals surface area contributed by atoms with Gasteiger partial charge in [-0.2, -0.15) is 0 Å². The fourth-order valence-electron chi connectivity index (χ4n) is 7.70. The first-order valence-electron chi connectivity index (χ1n) is 17.8. The van der Waals surface area contributed by atoms with E-state index in [0.717, 1.165) is 22.6 Å². The summed E-state index contributed by atoms with van der Waals surface area (Å²) in [7, 11) is 0. The van der Waals surface area contributed by atoms with Gasteiger partial charge in [-0.3, -0.25) is 0 Å². The summed E-state index contributed by atoms with van der Waals surface area (Å²) in [5.41, 5.74) is 14.4. The van der Waals surface area contributed by atoms with Gasteiger partial charge in [0.25, 0.3) is 0 Å². The van der Waals surface area contributed by atoms with Crippen LogP contribution in [0, 0.1) is 11.8 Å². The van der Waals surface area contributed by atoms with Crippen molar-refractivity contribution >= 4 is 17.1 Å². The zero-order valence-corrected chi connectivity index (χ0v) is 28.7. The van der Waals surface area contributed by atoms with Gasteiger partial charge in [-0.05, 0) is 87.0 Å². The minimum Gasteiger partial charge on any atom is -0.310 e. The van der Waals surface area contributed by atoms with E-state index in [1.54, 1.807) is 0 Å². The van der Waals surface area contributed by atoms with Crippen LogP contribution in [0.3, 0.4) is 0 Å². The third kappa shape index (κ3) is 5.48. The maximum absolute atomic E-state index is 3.84. The van der Waals surface area contributed by atoms with Gasteiger partial charge in [0, 0.05) is 22.5 Å². The molecule has 1 aliphatic carbocycles. The highest BCUT2D eigenvalue weighted by Gasteiger charge is 2.44. The Bertz CT molecular complexity index is 2550. The van der Waals surface area contributed by atoms with Gasteiger partial charge in [-0.25, -0.2) is 0 Å². The molecule has 0 spiro atoms. The van der Waals surface area contributed by atoms with E-state index in [-0.39, 0.29) is 0 Å². The standard InChI is InChI=1S/C51H35N/c1-5-17-38(18-6-1)35-36-51(42-23-11-4-12-24-42)48-27-15-13-26-46(48)47-37-44(33-34-49(47)51)52(43-31-29-40(30-32-43)39-19-7-2-8-20-39)50-28-16-14-25-45(50)41-21-9-3-10-22-41/h1-34,37H. The molecule has 0 amide bonds. The Morgan fingerprint density at radius 2 is 0.885 bits per heavy atom. The third-order valence-corrected chi connectivity index (χ3v) is 10.1. The van der Waals surface area contributed by atoms with Crippen LogP contribution in [0.1, 0.15) is 22.3 Å². The number of rotatable bonds is 6. The number of benzene rings is 8. The van der Waals surface area contributed by atoms with Crippen LogP contribution in [0.25, 0.3) is 33.4 Å². The Kier molecular flexibility index (Phi) is 8.05. The fourth-order valence-corrected chi connectivity index (χ4v) is 7.70. The molecule has 1 nitrogen and oxygen atoms in total. The first kappa shape index (κ1) is 31.1. The SMILES string of the molecule is C(#CC1(c2ccccc2)c2ccccc2-c2cc(N(c3ccc(-c4ccccc4)cc3)c3ccccc3-c3ccccc3)ccc21)c1ccccc1. The minimum absolute atomic E-state index is 0.633. The van der Waals surface area contributed by atoms with Gasteiger partial charge in [0.1, 0.15) is 5.41 Å². The molecule has 1 aliphatic rings. The lowest BCUT2D eigenvalue weighted by molar-refractivity contribution is 0.837. The molecule has 8 aromatic rings. The molecule has 0 saturated heterocycles. The van der Waals surface area contributed by atoms with Gasteiger partial charge in [0.15, 0.2) is 0 Å². The predicted molar refractivity (Wildman–Crippen MR) is 217 cm³/mol. The number of nitrogens with zero attached hydrogens (tertiary/aromatic N) is 1. The zero-order valence-electron chi connectivity index (χ0n) is 28.7. The molecular formula is C51H35N. The van der Waals surface area contributed by atoms with E-state index in [1.165, 1.54) is 50.1 Å². The second kappa shape index (κ2) is 13.4. The Hall–Kier alpha value is -6.88. The lowest BCUT2D eigenvalue weighted by Crippen LogP contribution is -2.25. The van der Waals surface area contributed by atoms with Crippen LogP contribution in [-0.2, 0) is 5.41 Å². The Morgan fingerprint density at radius 3 is 1.60 bits per heavy atom. The lowest BCUT2D eigenvalue weighted by Gasteiger charge is -2.30. The Balaban J connectivity index is 1.27. The summed E-state index contributed by atoms with van der Waals surface area (Å²) in [6, 6.07) is 75.7.